The molecule has 3 aromatic rings. The van der Waals surface area contributed by atoms with E-state index in [1.807, 2.05) is 0 Å². The molecule has 1 heterocycles. The van der Waals surface area contributed by atoms with Gasteiger partial charge >= 0.3 is 0 Å². The van der Waals surface area contributed by atoms with Gasteiger partial charge in [-0.2, -0.15) is 0 Å². The van der Waals surface area contributed by atoms with Gasteiger partial charge in [0.25, 0.3) is 17.7 Å². The number of para-hydroxylation sites is 1. The van der Waals surface area contributed by atoms with Crippen LogP contribution in [-0.2, 0) is 0 Å². The predicted octanol–water partition coefficient (Wildman–Crippen LogP) is 4.51. The molecule has 6 nitrogen and oxygen atoms in total. The number of imide groups is 1. The fraction of sp³-hybridized carbons (Fsp3) is 0.0455. The lowest BCUT2D eigenvalue weighted by Gasteiger charge is -2.18. The molecule has 0 aromatic heterocycles. The summed E-state index contributed by atoms with van der Waals surface area (Å²) in [6.45, 7) is 0. The predicted molar refractivity (Wildman–Crippen MR) is 113 cm³/mol. The van der Waals surface area contributed by atoms with Gasteiger partial charge in [-0.25, -0.2) is 4.90 Å². The normalized spacial score (nSPS) is 12.7. The van der Waals surface area contributed by atoms with Gasteiger partial charge in [0.1, 0.15) is 5.75 Å². The van der Waals surface area contributed by atoms with Crippen LogP contribution in [0, 0.1) is 0 Å². The first-order valence-electron chi connectivity index (χ1n) is 8.72. The Morgan fingerprint density at radius 2 is 1.69 bits per heavy atom. The van der Waals surface area contributed by atoms with Crippen LogP contribution < -0.4 is 15.0 Å². The molecule has 0 unspecified atom stereocenters. The summed E-state index contributed by atoms with van der Waals surface area (Å²) < 4.78 is 5.87. The highest BCUT2D eigenvalue weighted by atomic mass is 79.9. The van der Waals surface area contributed by atoms with E-state index in [1.165, 1.54) is 7.11 Å². The molecule has 4 rings (SSSR count). The quantitative estimate of drug-likeness (QED) is 0.593. The van der Waals surface area contributed by atoms with Crippen LogP contribution in [0.4, 0.5) is 11.4 Å². The molecule has 0 fully saturated rings. The third kappa shape index (κ3) is 3.40. The average Bonchev–Trinajstić information content (AvgIpc) is 2.97. The van der Waals surface area contributed by atoms with Crippen molar-refractivity contribution in [1.82, 2.24) is 0 Å². The molecule has 29 heavy (non-hydrogen) atoms. The van der Waals surface area contributed by atoms with E-state index in [4.69, 9.17) is 4.74 Å². The van der Waals surface area contributed by atoms with Crippen LogP contribution in [0.1, 0.15) is 31.1 Å². The van der Waals surface area contributed by atoms with Gasteiger partial charge in [0, 0.05) is 16.2 Å². The van der Waals surface area contributed by atoms with Crippen molar-refractivity contribution in [1.29, 1.82) is 0 Å². The standard InChI is InChI=1S/C22H15BrN2O4/c1-29-15-6-4-5-14(12-15)24-20(26)17-7-2-3-8-19(17)25-21(27)16-10-9-13(23)11-18(16)22(25)28/h2-12H,1H3,(H,24,26). The molecule has 0 aliphatic carbocycles. The number of nitrogens with zero attached hydrogens (tertiary/aromatic N) is 1. The van der Waals surface area contributed by atoms with Crippen molar-refractivity contribution in [2.24, 2.45) is 0 Å². The largest absolute Gasteiger partial charge is 0.497 e. The van der Waals surface area contributed by atoms with E-state index in [1.54, 1.807) is 66.7 Å². The van der Waals surface area contributed by atoms with Gasteiger partial charge in [-0.05, 0) is 42.5 Å². The number of rotatable bonds is 4. The Bertz CT molecular complexity index is 1160. The Labute approximate surface area is 175 Å². The van der Waals surface area contributed by atoms with Crippen molar-refractivity contribution in [3.8, 4) is 5.75 Å². The number of methoxy groups -OCH3 is 1. The lowest BCUT2D eigenvalue weighted by Crippen LogP contribution is -2.31. The molecule has 0 atom stereocenters. The van der Waals surface area contributed by atoms with Crippen LogP contribution >= 0.6 is 15.9 Å². The second kappa shape index (κ2) is 7.52. The van der Waals surface area contributed by atoms with Gasteiger partial charge in [-0.3, -0.25) is 14.4 Å². The minimum absolute atomic E-state index is 0.212. The lowest BCUT2D eigenvalue weighted by molar-refractivity contribution is 0.0926. The summed E-state index contributed by atoms with van der Waals surface area (Å²) in [4.78, 5) is 39.8. The molecule has 1 aliphatic rings. The summed E-state index contributed by atoms with van der Waals surface area (Å²) in [5.74, 6) is -0.763. The number of carbonyl (C=O) groups is 3. The fourth-order valence-electron chi connectivity index (χ4n) is 3.19. The zero-order valence-electron chi connectivity index (χ0n) is 15.3. The summed E-state index contributed by atoms with van der Waals surface area (Å²) in [5.41, 5.74) is 1.59. The molecular formula is C22H15BrN2O4. The van der Waals surface area contributed by atoms with E-state index in [0.717, 1.165) is 4.90 Å². The summed E-state index contributed by atoms with van der Waals surface area (Å²) in [7, 11) is 1.54. The highest BCUT2D eigenvalue weighted by Crippen LogP contribution is 2.32. The number of hydrogen-bond donors (Lipinski definition) is 1. The van der Waals surface area contributed by atoms with E-state index >= 15 is 0 Å². The van der Waals surface area contributed by atoms with Crippen molar-refractivity contribution in [2.45, 2.75) is 0 Å². The highest BCUT2D eigenvalue weighted by molar-refractivity contribution is 9.10. The molecule has 0 bridgehead atoms. The maximum atomic E-state index is 12.9. The molecular weight excluding hydrogens is 436 g/mol. The number of benzene rings is 3. The number of ether oxygens (including phenoxy) is 1. The van der Waals surface area contributed by atoms with Crippen LogP contribution in [0.15, 0.2) is 71.2 Å². The summed E-state index contributed by atoms with van der Waals surface area (Å²) in [6.07, 6.45) is 0. The SMILES string of the molecule is COc1cccc(NC(=O)c2ccccc2N2C(=O)c3ccc(Br)cc3C2=O)c1. The molecule has 0 spiro atoms. The van der Waals surface area contributed by atoms with Crippen LogP contribution in [0.5, 0.6) is 5.75 Å². The van der Waals surface area contributed by atoms with Crippen molar-refractivity contribution in [2.75, 3.05) is 17.3 Å². The van der Waals surface area contributed by atoms with Gasteiger partial charge in [0.2, 0.25) is 0 Å². The summed E-state index contributed by atoms with van der Waals surface area (Å²) >= 11 is 3.32. The van der Waals surface area contributed by atoms with E-state index < -0.39 is 17.7 Å². The van der Waals surface area contributed by atoms with Gasteiger partial charge in [-0.15, -0.1) is 0 Å². The Kier molecular flexibility index (Phi) is 4.90. The fourth-order valence-corrected chi connectivity index (χ4v) is 3.55. The van der Waals surface area contributed by atoms with Crippen LogP contribution in [0.3, 0.4) is 0 Å². The van der Waals surface area contributed by atoms with Crippen molar-refractivity contribution in [3.63, 3.8) is 0 Å². The van der Waals surface area contributed by atoms with Crippen LogP contribution in [0.25, 0.3) is 0 Å². The zero-order chi connectivity index (χ0) is 20.5. The van der Waals surface area contributed by atoms with Gasteiger partial charge in [0.15, 0.2) is 0 Å². The van der Waals surface area contributed by atoms with Crippen molar-refractivity contribution in [3.05, 3.63) is 87.9 Å². The smallest absolute Gasteiger partial charge is 0.266 e. The van der Waals surface area contributed by atoms with Crippen LogP contribution in [0.2, 0.25) is 0 Å². The van der Waals surface area contributed by atoms with E-state index in [-0.39, 0.29) is 11.3 Å². The third-order valence-corrected chi connectivity index (χ3v) is 5.06. The van der Waals surface area contributed by atoms with Crippen molar-refractivity contribution >= 4 is 45.0 Å². The monoisotopic (exact) mass is 450 g/mol. The Balaban J connectivity index is 1.70. The Morgan fingerprint density at radius 1 is 0.931 bits per heavy atom. The summed E-state index contributed by atoms with van der Waals surface area (Å²) in [6, 6.07) is 18.3. The second-order valence-electron chi connectivity index (χ2n) is 6.34. The second-order valence-corrected chi connectivity index (χ2v) is 7.25. The number of nitrogens with one attached hydrogen (secondary N) is 1. The lowest BCUT2D eigenvalue weighted by atomic mass is 10.1. The first-order chi connectivity index (χ1) is 14.0. The molecule has 144 valence electrons. The first-order valence-corrected chi connectivity index (χ1v) is 9.51. The van der Waals surface area contributed by atoms with E-state index in [0.29, 0.717) is 27.0 Å². The van der Waals surface area contributed by atoms with Gasteiger partial charge in [-0.1, -0.05) is 34.1 Å². The highest BCUT2D eigenvalue weighted by Gasteiger charge is 2.38. The molecule has 3 amide bonds. The first kappa shape index (κ1) is 18.9. The maximum Gasteiger partial charge on any atom is 0.266 e. The van der Waals surface area contributed by atoms with Crippen molar-refractivity contribution < 1.29 is 19.1 Å². The third-order valence-electron chi connectivity index (χ3n) is 4.57. The number of amides is 3. The molecule has 0 saturated heterocycles. The summed E-state index contributed by atoms with van der Waals surface area (Å²) in [5, 5.41) is 2.78. The van der Waals surface area contributed by atoms with E-state index in [9.17, 15) is 14.4 Å². The number of fused-ring (bicyclic) bond motifs is 1. The number of hydrogen-bond acceptors (Lipinski definition) is 4. The minimum atomic E-state index is -0.465. The van der Waals surface area contributed by atoms with Crippen LogP contribution in [-0.4, -0.2) is 24.8 Å². The maximum absolute atomic E-state index is 12.9. The number of halogens is 1. The Morgan fingerprint density at radius 3 is 2.48 bits per heavy atom. The van der Waals surface area contributed by atoms with Gasteiger partial charge < -0.3 is 10.1 Å². The number of anilines is 2. The molecule has 1 aliphatic heterocycles. The average molecular weight is 451 g/mol. The Hall–Kier alpha value is -3.45. The van der Waals surface area contributed by atoms with Gasteiger partial charge in [0.05, 0.1) is 29.5 Å². The number of carbonyl (C=O) groups excluding carboxylic acids is 3. The minimum Gasteiger partial charge on any atom is -0.497 e. The molecule has 7 heteroatoms. The topological polar surface area (TPSA) is 75.7 Å². The molecule has 0 saturated carbocycles. The van der Waals surface area contributed by atoms with E-state index in [2.05, 4.69) is 21.2 Å². The molecule has 3 aromatic carbocycles. The molecule has 0 radical (unpaired) electrons. The molecule has 1 N–H and O–H groups in total. The zero-order valence-corrected chi connectivity index (χ0v) is 16.9.